The normalized spacial score (nSPS) is 12.4. The van der Waals surface area contributed by atoms with Crippen molar-refractivity contribution in [2.45, 2.75) is 32.2 Å². The van der Waals surface area contributed by atoms with Gasteiger partial charge < -0.3 is 11.1 Å². The lowest BCUT2D eigenvalue weighted by Crippen LogP contribution is -2.34. The van der Waals surface area contributed by atoms with Crippen molar-refractivity contribution < 1.29 is 9.18 Å². The van der Waals surface area contributed by atoms with E-state index in [4.69, 9.17) is 5.73 Å². The molecule has 0 saturated heterocycles. The largest absolute Gasteiger partial charge is 0.368 e. The molecule has 1 aromatic rings. The highest BCUT2D eigenvalue weighted by atomic mass is 19.1. The van der Waals surface area contributed by atoms with Crippen molar-refractivity contribution in [2.24, 2.45) is 5.73 Å². The molecule has 17 heavy (non-hydrogen) atoms. The van der Waals surface area contributed by atoms with Crippen LogP contribution in [0, 0.1) is 5.82 Å². The number of hydrogen-bond donors (Lipinski definition) is 2. The maximum atomic E-state index is 12.8. The van der Waals surface area contributed by atoms with E-state index in [2.05, 4.69) is 12.2 Å². The fourth-order valence-corrected chi connectivity index (χ4v) is 1.66. The first-order valence-corrected chi connectivity index (χ1v) is 5.93. The summed E-state index contributed by atoms with van der Waals surface area (Å²) in [5.41, 5.74) is 6.03. The molecule has 0 aliphatic heterocycles. The summed E-state index contributed by atoms with van der Waals surface area (Å²) in [7, 11) is 0. The quantitative estimate of drug-likeness (QED) is 0.715. The summed E-state index contributed by atoms with van der Waals surface area (Å²) in [5, 5.41) is 3.09. The van der Waals surface area contributed by atoms with Gasteiger partial charge in [-0.15, -0.1) is 0 Å². The van der Waals surface area contributed by atoms with Crippen LogP contribution in [-0.2, 0) is 4.79 Å². The number of hydrogen-bond acceptors (Lipinski definition) is 2. The zero-order valence-corrected chi connectivity index (χ0v) is 10.1. The van der Waals surface area contributed by atoms with Crippen LogP contribution >= 0.6 is 0 Å². The van der Waals surface area contributed by atoms with Gasteiger partial charge >= 0.3 is 0 Å². The Morgan fingerprint density at radius 2 is 2.00 bits per heavy atom. The number of unbranched alkanes of at least 4 members (excludes halogenated alkanes) is 2. The molecule has 3 nitrogen and oxygen atoms in total. The van der Waals surface area contributed by atoms with E-state index in [1.807, 2.05) is 0 Å². The Labute approximate surface area is 101 Å². The van der Waals surface area contributed by atoms with Crippen LogP contribution in [-0.4, -0.2) is 12.5 Å². The van der Waals surface area contributed by atoms with Gasteiger partial charge in [0.05, 0.1) is 0 Å². The highest BCUT2D eigenvalue weighted by molar-refractivity contribution is 5.81. The number of halogens is 1. The summed E-state index contributed by atoms with van der Waals surface area (Å²) in [5.74, 6) is -0.754. The second kappa shape index (κ2) is 7.01. The first-order valence-electron chi connectivity index (χ1n) is 5.93. The molecule has 0 aliphatic carbocycles. The zero-order valence-electron chi connectivity index (χ0n) is 10.1. The van der Waals surface area contributed by atoms with Gasteiger partial charge in [-0.05, 0) is 30.7 Å². The third kappa shape index (κ3) is 4.53. The van der Waals surface area contributed by atoms with Crippen LogP contribution in [0.25, 0.3) is 0 Å². The SMILES string of the molecule is CCCCCNC(C(N)=O)c1ccc(F)cc1. The van der Waals surface area contributed by atoms with Gasteiger partial charge in [-0.25, -0.2) is 4.39 Å². The number of benzene rings is 1. The lowest BCUT2D eigenvalue weighted by atomic mass is 10.1. The topological polar surface area (TPSA) is 55.1 Å². The Balaban J connectivity index is 2.59. The van der Waals surface area contributed by atoms with Crippen molar-refractivity contribution >= 4 is 5.91 Å². The maximum absolute atomic E-state index is 12.8. The second-order valence-corrected chi connectivity index (χ2v) is 4.05. The fraction of sp³-hybridized carbons (Fsp3) is 0.462. The average molecular weight is 238 g/mol. The van der Waals surface area contributed by atoms with Crippen LogP contribution in [0.15, 0.2) is 24.3 Å². The predicted molar refractivity (Wildman–Crippen MR) is 65.9 cm³/mol. The van der Waals surface area contributed by atoms with E-state index in [1.165, 1.54) is 12.1 Å². The first-order chi connectivity index (χ1) is 8.15. The van der Waals surface area contributed by atoms with Gasteiger partial charge in [-0.2, -0.15) is 0 Å². The predicted octanol–water partition coefficient (Wildman–Crippen LogP) is 2.13. The lowest BCUT2D eigenvalue weighted by molar-refractivity contribution is -0.120. The zero-order chi connectivity index (χ0) is 12.7. The Bertz CT molecular complexity index is 351. The molecule has 0 aromatic heterocycles. The van der Waals surface area contributed by atoms with Crippen molar-refractivity contribution in [1.82, 2.24) is 5.32 Å². The van der Waals surface area contributed by atoms with Crippen molar-refractivity contribution in [1.29, 1.82) is 0 Å². The van der Waals surface area contributed by atoms with Gasteiger partial charge in [0, 0.05) is 0 Å². The Morgan fingerprint density at radius 3 is 2.53 bits per heavy atom. The molecule has 1 aromatic carbocycles. The summed E-state index contributed by atoms with van der Waals surface area (Å²) in [6, 6.07) is 5.29. The molecule has 94 valence electrons. The van der Waals surface area contributed by atoms with Crippen LogP contribution in [0.4, 0.5) is 4.39 Å². The van der Waals surface area contributed by atoms with E-state index >= 15 is 0 Å². The third-order valence-electron chi connectivity index (χ3n) is 2.62. The Morgan fingerprint density at radius 1 is 1.35 bits per heavy atom. The van der Waals surface area contributed by atoms with Gasteiger partial charge in [0.2, 0.25) is 5.91 Å². The maximum Gasteiger partial charge on any atom is 0.239 e. The van der Waals surface area contributed by atoms with Gasteiger partial charge in [0.25, 0.3) is 0 Å². The highest BCUT2D eigenvalue weighted by Gasteiger charge is 2.16. The van der Waals surface area contributed by atoms with E-state index in [-0.39, 0.29) is 5.82 Å². The average Bonchev–Trinajstić information content (AvgIpc) is 2.30. The van der Waals surface area contributed by atoms with Crippen molar-refractivity contribution in [2.75, 3.05) is 6.54 Å². The van der Waals surface area contributed by atoms with E-state index in [0.717, 1.165) is 25.8 Å². The minimum Gasteiger partial charge on any atom is -0.368 e. The van der Waals surface area contributed by atoms with Crippen LogP contribution in [0.3, 0.4) is 0 Å². The molecule has 0 radical (unpaired) electrons. The van der Waals surface area contributed by atoms with Gasteiger partial charge in [-0.3, -0.25) is 4.79 Å². The van der Waals surface area contributed by atoms with Gasteiger partial charge in [0.1, 0.15) is 11.9 Å². The smallest absolute Gasteiger partial charge is 0.239 e. The van der Waals surface area contributed by atoms with Crippen LogP contribution in [0.1, 0.15) is 37.8 Å². The molecular formula is C13H19FN2O. The van der Waals surface area contributed by atoms with E-state index < -0.39 is 11.9 Å². The summed E-state index contributed by atoms with van der Waals surface area (Å²) in [6.07, 6.45) is 3.24. The van der Waals surface area contributed by atoms with Crippen molar-refractivity contribution in [3.05, 3.63) is 35.6 Å². The monoisotopic (exact) mass is 238 g/mol. The molecule has 4 heteroatoms. The number of nitrogens with one attached hydrogen (secondary N) is 1. The number of carbonyl (C=O) groups excluding carboxylic acids is 1. The van der Waals surface area contributed by atoms with Crippen LogP contribution < -0.4 is 11.1 Å². The third-order valence-corrected chi connectivity index (χ3v) is 2.62. The number of nitrogens with two attached hydrogens (primary N) is 1. The minimum absolute atomic E-state index is 0.317. The molecule has 0 aliphatic rings. The first kappa shape index (κ1) is 13.6. The summed E-state index contributed by atoms with van der Waals surface area (Å²) in [6.45, 7) is 2.85. The second-order valence-electron chi connectivity index (χ2n) is 4.05. The summed E-state index contributed by atoms with van der Waals surface area (Å²) in [4.78, 5) is 11.3. The number of carbonyl (C=O) groups is 1. The van der Waals surface area contributed by atoms with E-state index in [0.29, 0.717) is 5.56 Å². The summed E-state index contributed by atoms with van der Waals surface area (Å²) >= 11 is 0. The molecular weight excluding hydrogens is 219 g/mol. The number of rotatable bonds is 7. The molecule has 0 heterocycles. The molecule has 3 N–H and O–H groups in total. The lowest BCUT2D eigenvalue weighted by Gasteiger charge is -2.15. The molecule has 1 rings (SSSR count). The molecule has 1 amide bonds. The fourth-order valence-electron chi connectivity index (χ4n) is 1.66. The molecule has 0 spiro atoms. The van der Waals surface area contributed by atoms with Crippen LogP contribution in [0.2, 0.25) is 0 Å². The summed E-state index contributed by atoms with van der Waals surface area (Å²) < 4.78 is 12.8. The molecule has 1 atom stereocenters. The highest BCUT2D eigenvalue weighted by Crippen LogP contribution is 2.13. The molecule has 0 saturated carbocycles. The standard InChI is InChI=1S/C13H19FN2O/c1-2-3-4-9-16-12(13(15)17)10-5-7-11(14)8-6-10/h5-8,12,16H,2-4,9H2,1H3,(H2,15,17). The molecule has 0 bridgehead atoms. The number of primary amides is 1. The van der Waals surface area contributed by atoms with Gasteiger partial charge in [0.15, 0.2) is 0 Å². The van der Waals surface area contributed by atoms with Crippen molar-refractivity contribution in [3.63, 3.8) is 0 Å². The van der Waals surface area contributed by atoms with Crippen LogP contribution in [0.5, 0.6) is 0 Å². The van der Waals surface area contributed by atoms with Crippen molar-refractivity contribution in [3.8, 4) is 0 Å². The van der Waals surface area contributed by atoms with E-state index in [1.54, 1.807) is 12.1 Å². The van der Waals surface area contributed by atoms with E-state index in [9.17, 15) is 9.18 Å². The number of amides is 1. The minimum atomic E-state index is -0.535. The Kier molecular flexibility index (Phi) is 5.63. The Hall–Kier alpha value is -1.42. The van der Waals surface area contributed by atoms with Gasteiger partial charge in [-0.1, -0.05) is 31.9 Å². The molecule has 1 unspecified atom stereocenters. The molecule has 0 fully saturated rings.